The molecule has 1 aromatic rings. The molecule has 4 heteroatoms. The average molecular weight is 195 g/mol. The van der Waals surface area contributed by atoms with Crippen LogP contribution in [0.3, 0.4) is 0 Å². The van der Waals surface area contributed by atoms with Crippen LogP contribution in [0.5, 0.6) is 11.5 Å². The summed E-state index contributed by atoms with van der Waals surface area (Å²) in [6.07, 6.45) is 0. The van der Waals surface area contributed by atoms with Crippen molar-refractivity contribution in [1.82, 2.24) is 0 Å². The topological polar surface area (TPSA) is 69.9 Å². The van der Waals surface area contributed by atoms with Crippen LogP contribution in [-0.4, -0.2) is 10.2 Å². The van der Waals surface area contributed by atoms with E-state index in [0.29, 0.717) is 0 Å². The highest BCUT2D eigenvalue weighted by Crippen LogP contribution is 2.38. The Labute approximate surface area is 82.2 Å². The SMILES string of the molecule is CC(C)C(N=O)c1c(O)cccc1O. The molecule has 0 amide bonds. The van der Waals surface area contributed by atoms with Gasteiger partial charge in [0.2, 0.25) is 0 Å². The van der Waals surface area contributed by atoms with E-state index in [1.807, 2.05) is 0 Å². The first-order valence-electron chi connectivity index (χ1n) is 4.41. The van der Waals surface area contributed by atoms with E-state index in [2.05, 4.69) is 5.18 Å². The summed E-state index contributed by atoms with van der Waals surface area (Å²) >= 11 is 0. The number of phenolic OH excluding ortho intramolecular Hbond substituents is 2. The summed E-state index contributed by atoms with van der Waals surface area (Å²) < 4.78 is 0. The summed E-state index contributed by atoms with van der Waals surface area (Å²) in [6.45, 7) is 3.61. The van der Waals surface area contributed by atoms with Crippen molar-refractivity contribution < 1.29 is 10.2 Å². The van der Waals surface area contributed by atoms with Crippen molar-refractivity contribution in [2.75, 3.05) is 0 Å². The van der Waals surface area contributed by atoms with Gasteiger partial charge < -0.3 is 10.2 Å². The van der Waals surface area contributed by atoms with Gasteiger partial charge in [0.15, 0.2) is 0 Å². The minimum absolute atomic E-state index is 0.0632. The molecule has 1 atom stereocenters. The number of nitroso groups, excluding NO2 is 1. The number of benzene rings is 1. The molecule has 0 heterocycles. The van der Waals surface area contributed by atoms with Gasteiger partial charge in [-0.05, 0) is 18.1 Å². The summed E-state index contributed by atoms with van der Waals surface area (Å²) in [5, 5.41) is 21.9. The van der Waals surface area contributed by atoms with Gasteiger partial charge in [-0.25, -0.2) is 0 Å². The molecule has 0 aliphatic carbocycles. The van der Waals surface area contributed by atoms with Gasteiger partial charge in [-0.15, -0.1) is 0 Å². The van der Waals surface area contributed by atoms with Gasteiger partial charge >= 0.3 is 0 Å². The number of nitrogens with zero attached hydrogens (tertiary/aromatic N) is 1. The van der Waals surface area contributed by atoms with E-state index in [1.165, 1.54) is 18.2 Å². The van der Waals surface area contributed by atoms with Gasteiger partial charge in [0.05, 0.1) is 5.56 Å². The van der Waals surface area contributed by atoms with Crippen molar-refractivity contribution >= 4 is 0 Å². The van der Waals surface area contributed by atoms with Gasteiger partial charge in [-0.3, -0.25) is 0 Å². The maximum atomic E-state index is 10.6. The molecule has 0 aromatic heterocycles. The molecule has 0 aliphatic rings. The first-order valence-corrected chi connectivity index (χ1v) is 4.41. The van der Waals surface area contributed by atoms with Crippen LogP contribution in [0.25, 0.3) is 0 Å². The average Bonchev–Trinajstić information content (AvgIpc) is 2.10. The lowest BCUT2D eigenvalue weighted by Crippen LogP contribution is -2.03. The fraction of sp³-hybridized carbons (Fsp3) is 0.400. The second-order valence-electron chi connectivity index (χ2n) is 3.50. The first-order chi connectivity index (χ1) is 6.57. The molecule has 0 radical (unpaired) electrons. The van der Waals surface area contributed by atoms with E-state index in [4.69, 9.17) is 0 Å². The monoisotopic (exact) mass is 195 g/mol. The molecule has 0 saturated heterocycles. The van der Waals surface area contributed by atoms with Crippen LogP contribution in [0.4, 0.5) is 0 Å². The van der Waals surface area contributed by atoms with E-state index in [1.54, 1.807) is 13.8 Å². The third-order valence-corrected chi connectivity index (χ3v) is 2.10. The van der Waals surface area contributed by atoms with Crippen LogP contribution in [0, 0.1) is 10.8 Å². The Hall–Kier alpha value is -1.58. The van der Waals surface area contributed by atoms with E-state index >= 15 is 0 Å². The molecule has 0 bridgehead atoms. The first kappa shape index (κ1) is 10.5. The van der Waals surface area contributed by atoms with Gasteiger partial charge in [0, 0.05) is 0 Å². The molecule has 0 fully saturated rings. The zero-order valence-corrected chi connectivity index (χ0v) is 8.14. The number of aromatic hydroxyl groups is 2. The van der Waals surface area contributed by atoms with Crippen LogP contribution in [0.2, 0.25) is 0 Å². The highest BCUT2D eigenvalue weighted by atomic mass is 16.3. The third-order valence-electron chi connectivity index (χ3n) is 2.10. The van der Waals surface area contributed by atoms with Crippen molar-refractivity contribution in [3.63, 3.8) is 0 Å². The second-order valence-corrected chi connectivity index (χ2v) is 3.50. The summed E-state index contributed by atoms with van der Waals surface area (Å²) in [5.41, 5.74) is 0.206. The second kappa shape index (κ2) is 4.09. The standard InChI is InChI=1S/C10H13NO3/c1-6(2)10(11-14)9-7(12)4-3-5-8(9)13/h3-6,10,12-13H,1-2H3. The molecular weight excluding hydrogens is 182 g/mol. The van der Waals surface area contributed by atoms with E-state index in [0.717, 1.165) is 0 Å². The van der Waals surface area contributed by atoms with Crippen LogP contribution in [-0.2, 0) is 0 Å². The van der Waals surface area contributed by atoms with Crippen molar-refractivity contribution in [2.45, 2.75) is 19.9 Å². The minimum Gasteiger partial charge on any atom is -0.507 e. The molecule has 0 spiro atoms. The number of phenols is 2. The highest BCUT2D eigenvalue weighted by Gasteiger charge is 2.23. The van der Waals surface area contributed by atoms with Gasteiger partial charge in [0.1, 0.15) is 17.5 Å². The minimum atomic E-state index is -0.712. The summed E-state index contributed by atoms with van der Waals surface area (Å²) in [7, 11) is 0. The maximum Gasteiger partial charge on any atom is 0.126 e. The lowest BCUT2D eigenvalue weighted by atomic mass is 9.95. The predicted octanol–water partition coefficient (Wildman–Crippen LogP) is 2.56. The number of hydrogen-bond acceptors (Lipinski definition) is 4. The molecule has 4 nitrogen and oxygen atoms in total. The van der Waals surface area contributed by atoms with E-state index < -0.39 is 6.04 Å². The Balaban J connectivity index is 3.21. The molecule has 2 N–H and O–H groups in total. The highest BCUT2D eigenvalue weighted by molar-refractivity contribution is 5.45. The van der Waals surface area contributed by atoms with E-state index in [9.17, 15) is 15.1 Å². The van der Waals surface area contributed by atoms with Crippen LogP contribution >= 0.6 is 0 Å². The van der Waals surface area contributed by atoms with Crippen LogP contribution in [0.1, 0.15) is 25.5 Å². The number of hydrogen-bond donors (Lipinski definition) is 2. The molecule has 1 rings (SSSR count). The summed E-state index contributed by atoms with van der Waals surface area (Å²) in [4.78, 5) is 10.6. The lowest BCUT2D eigenvalue weighted by molar-refractivity contribution is 0.406. The molecule has 0 saturated carbocycles. The fourth-order valence-corrected chi connectivity index (χ4v) is 1.35. The van der Waals surface area contributed by atoms with Crippen LogP contribution in [0.15, 0.2) is 23.4 Å². The Morgan fingerprint density at radius 2 is 1.71 bits per heavy atom. The maximum absolute atomic E-state index is 10.6. The quantitative estimate of drug-likeness (QED) is 0.728. The molecule has 0 aliphatic heterocycles. The third kappa shape index (κ3) is 1.84. The fourth-order valence-electron chi connectivity index (χ4n) is 1.35. The predicted molar refractivity (Wildman–Crippen MR) is 53.1 cm³/mol. The zero-order valence-electron chi connectivity index (χ0n) is 8.14. The summed E-state index contributed by atoms with van der Waals surface area (Å²) in [6, 6.07) is 3.65. The largest absolute Gasteiger partial charge is 0.507 e. The van der Waals surface area contributed by atoms with Crippen molar-refractivity contribution in [3.8, 4) is 11.5 Å². The van der Waals surface area contributed by atoms with Gasteiger partial charge in [-0.1, -0.05) is 25.1 Å². The van der Waals surface area contributed by atoms with Gasteiger partial charge in [-0.2, -0.15) is 4.91 Å². The normalized spacial score (nSPS) is 12.8. The Morgan fingerprint density at radius 1 is 1.21 bits per heavy atom. The molecule has 76 valence electrons. The van der Waals surface area contributed by atoms with Crippen molar-refractivity contribution in [3.05, 3.63) is 28.7 Å². The lowest BCUT2D eigenvalue weighted by Gasteiger charge is -2.15. The smallest absolute Gasteiger partial charge is 0.126 e. The molecule has 14 heavy (non-hydrogen) atoms. The van der Waals surface area contributed by atoms with Crippen LogP contribution < -0.4 is 0 Å². The molecular formula is C10H13NO3. The molecule has 1 aromatic carbocycles. The molecule has 1 unspecified atom stereocenters. The Kier molecular flexibility index (Phi) is 3.06. The number of rotatable bonds is 3. The van der Waals surface area contributed by atoms with Gasteiger partial charge in [0.25, 0.3) is 0 Å². The Bertz CT molecular complexity index is 316. The van der Waals surface area contributed by atoms with Crippen molar-refractivity contribution in [2.24, 2.45) is 11.1 Å². The summed E-state index contributed by atoms with van der Waals surface area (Å²) in [5.74, 6) is -0.252. The zero-order chi connectivity index (χ0) is 10.7. The Morgan fingerprint density at radius 3 is 2.07 bits per heavy atom. The van der Waals surface area contributed by atoms with E-state index in [-0.39, 0.29) is 23.0 Å². The van der Waals surface area contributed by atoms with Crippen molar-refractivity contribution in [1.29, 1.82) is 0 Å².